The van der Waals surface area contributed by atoms with Crippen molar-refractivity contribution < 1.29 is 9.47 Å². The molecule has 2 N–H and O–H groups in total. The van der Waals surface area contributed by atoms with E-state index in [1.807, 2.05) is 13.8 Å². The van der Waals surface area contributed by atoms with E-state index in [0.29, 0.717) is 24.3 Å². The predicted molar refractivity (Wildman–Crippen MR) is 70.1 cm³/mol. The summed E-state index contributed by atoms with van der Waals surface area (Å²) in [4.78, 5) is 0. The van der Waals surface area contributed by atoms with Gasteiger partial charge in [0.2, 0.25) is 11.8 Å². The van der Waals surface area contributed by atoms with Gasteiger partial charge in [0.1, 0.15) is 0 Å². The molecule has 4 heteroatoms. The monoisotopic (exact) mass is 236 g/mol. The zero-order valence-electron chi connectivity index (χ0n) is 9.54. The van der Waals surface area contributed by atoms with E-state index in [9.17, 15) is 0 Å². The highest BCUT2D eigenvalue weighted by Gasteiger charge is 2.04. The van der Waals surface area contributed by atoms with Gasteiger partial charge in [0.25, 0.3) is 0 Å². The van der Waals surface area contributed by atoms with Gasteiger partial charge in [-0.25, -0.2) is 0 Å². The third kappa shape index (κ3) is 4.26. The number of rotatable bonds is 4. The molecule has 0 aliphatic rings. The first-order chi connectivity index (χ1) is 7.69. The molecule has 0 saturated carbocycles. The fourth-order valence-electron chi connectivity index (χ4n) is 1.23. The summed E-state index contributed by atoms with van der Waals surface area (Å²) in [5.74, 6) is 0.300. The minimum Gasteiger partial charge on any atom is -0.478 e. The Morgan fingerprint density at radius 1 is 0.882 bits per heavy atom. The van der Waals surface area contributed by atoms with Crippen molar-refractivity contribution in [3.63, 3.8) is 0 Å². The zero-order valence-corrected chi connectivity index (χ0v) is 9.54. The highest BCUT2D eigenvalue weighted by Crippen LogP contribution is 2.07. The molecule has 17 heavy (non-hydrogen) atoms. The van der Waals surface area contributed by atoms with Crippen molar-refractivity contribution in [1.29, 1.82) is 10.8 Å². The molecule has 0 saturated heterocycles. The molecule has 0 atom stereocenters. The smallest absolute Gasteiger partial charge is 0.213 e. The number of hydrogen-bond acceptors (Lipinski definition) is 4. The summed E-state index contributed by atoms with van der Waals surface area (Å²) in [6, 6.07) is 7.00. The first-order valence-corrected chi connectivity index (χ1v) is 5.22. The van der Waals surface area contributed by atoms with Crippen LogP contribution in [-0.2, 0) is 9.47 Å². The quantitative estimate of drug-likeness (QED) is 0.623. The second kappa shape index (κ2) is 7.44. The Labute approximate surface area is 103 Å². The van der Waals surface area contributed by atoms with Crippen molar-refractivity contribution in [3.05, 3.63) is 35.4 Å². The summed E-state index contributed by atoms with van der Waals surface area (Å²) in [5, 5.41) is 15.2. The summed E-state index contributed by atoms with van der Waals surface area (Å²) in [6.45, 7) is 4.64. The lowest BCUT2D eigenvalue weighted by Gasteiger charge is -2.07. The standard InChI is InChI=1S/C12H16N2O2.CH4/c1-3-15-11(13)9-5-7-10(8-6-9)12(14)16-4-2;/h5-8,13-14H,3-4H2,1-2H3;1H4. The minimum atomic E-state index is 0. The molecule has 0 unspecified atom stereocenters. The first kappa shape index (κ1) is 15.2. The Hall–Kier alpha value is -1.84. The molecule has 0 radical (unpaired) electrons. The van der Waals surface area contributed by atoms with Gasteiger partial charge < -0.3 is 9.47 Å². The molecule has 0 aliphatic heterocycles. The number of benzene rings is 1. The molecule has 1 aromatic carbocycles. The Bertz CT molecular complexity index is 335. The maximum atomic E-state index is 7.58. The first-order valence-electron chi connectivity index (χ1n) is 5.22. The van der Waals surface area contributed by atoms with Gasteiger partial charge in [-0.3, -0.25) is 10.8 Å². The zero-order chi connectivity index (χ0) is 12.0. The Morgan fingerprint density at radius 3 is 1.41 bits per heavy atom. The van der Waals surface area contributed by atoms with Crippen molar-refractivity contribution in [2.75, 3.05) is 13.2 Å². The van der Waals surface area contributed by atoms with E-state index >= 15 is 0 Å². The van der Waals surface area contributed by atoms with E-state index in [1.165, 1.54) is 0 Å². The lowest BCUT2D eigenvalue weighted by Crippen LogP contribution is -2.07. The summed E-state index contributed by atoms with van der Waals surface area (Å²) in [5.41, 5.74) is 1.41. The van der Waals surface area contributed by atoms with Crippen LogP contribution in [0.15, 0.2) is 24.3 Å². The normalized spacial score (nSPS) is 9.06. The molecule has 0 heterocycles. The SMILES string of the molecule is C.CCOC(=N)c1ccc(C(=N)OCC)cc1. The maximum Gasteiger partial charge on any atom is 0.213 e. The molecule has 0 amide bonds. The van der Waals surface area contributed by atoms with E-state index < -0.39 is 0 Å². The van der Waals surface area contributed by atoms with Crippen LogP contribution in [0.5, 0.6) is 0 Å². The van der Waals surface area contributed by atoms with Crippen LogP contribution in [0, 0.1) is 10.8 Å². The van der Waals surface area contributed by atoms with Crippen LogP contribution in [0.4, 0.5) is 0 Å². The third-order valence-electron chi connectivity index (χ3n) is 1.99. The molecule has 4 nitrogen and oxygen atoms in total. The van der Waals surface area contributed by atoms with Crippen molar-refractivity contribution in [2.24, 2.45) is 0 Å². The van der Waals surface area contributed by atoms with E-state index in [0.717, 1.165) is 0 Å². The van der Waals surface area contributed by atoms with Gasteiger partial charge in [-0.1, -0.05) is 7.43 Å². The van der Waals surface area contributed by atoms with Gasteiger partial charge in [-0.15, -0.1) is 0 Å². The molecule has 0 aliphatic carbocycles. The number of hydrogen-bond donors (Lipinski definition) is 2. The largest absolute Gasteiger partial charge is 0.478 e. The van der Waals surface area contributed by atoms with Crippen molar-refractivity contribution in [3.8, 4) is 0 Å². The molecule has 0 spiro atoms. The van der Waals surface area contributed by atoms with E-state index in [4.69, 9.17) is 20.3 Å². The highest BCUT2D eigenvalue weighted by atomic mass is 16.5. The van der Waals surface area contributed by atoms with Crippen LogP contribution in [-0.4, -0.2) is 25.0 Å². The van der Waals surface area contributed by atoms with Crippen molar-refractivity contribution in [1.82, 2.24) is 0 Å². The average molecular weight is 236 g/mol. The van der Waals surface area contributed by atoms with Gasteiger partial charge in [0.05, 0.1) is 13.2 Å². The van der Waals surface area contributed by atoms with E-state index in [-0.39, 0.29) is 19.2 Å². The van der Waals surface area contributed by atoms with Gasteiger partial charge in [0, 0.05) is 11.1 Å². The summed E-state index contributed by atoms with van der Waals surface area (Å²) in [6.07, 6.45) is 0. The topological polar surface area (TPSA) is 66.2 Å². The van der Waals surface area contributed by atoms with Crippen LogP contribution in [0.3, 0.4) is 0 Å². The molecular formula is C13H20N2O2. The molecule has 0 fully saturated rings. The van der Waals surface area contributed by atoms with Gasteiger partial charge in [-0.05, 0) is 38.1 Å². The van der Waals surface area contributed by atoms with Gasteiger partial charge in [0.15, 0.2) is 0 Å². The molecule has 1 rings (SSSR count). The molecule has 0 aromatic heterocycles. The average Bonchev–Trinajstić information content (AvgIpc) is 2.30. The van der Waals surface area contributed by atoms with Crippen molar-refractivity contribution >= 4 is 11.8 Å². The van der Waals surface area contributed by atoms with Crippen LogP contribution >= 0.6 is 0 Å². The Kier molecular flexibility index (Phi) is 6.63. The summed E-state index contributed by atoms with van der Waals surface area (Å²) >= 11 is 0. The molecule has 0 bridgehead atoms. The van der Waals surface area contributed by atoms with Crippen LogP contribution < -0.4 is 0 Å². The summed E-state index contributed by atoms with van der Waals surface area (Å²) < 4.78 is 10.1. The number of nitrogens with one attached hydrogen (secondary N) is 2. The maximum absolute atomic E-state index is 7.58. The second-order valence-electron chi connectivity index (χ2n) is 3.10. The lowest BCUT2D eigenvalue weighted by atomic mass is 10.1. The van der Waals surface area contributed by atoms with Crippen molar-refractivity contribution in [2.45, 2.75) is 21.3 Å². The molecule has 1 aromatic rings. The lowest BCUT2D eigenvalue weighted by molar-refractivity contribution is 0.324. The highest BCUT2D eigenvalue weighted by molar-refractivity contribution is 5.95. The van der Waals surface area contributed by atoms with Crippen LogP contribution in [0.1, 0.15) is 32.4 Å². The van der Waals surface area contributed by atoms with Crippen LogP contribution in [0.25, 0.3) is 0 Å². The molecule has 94 valence electrons. The van der Waals surface area contributed by atoms with E-state index in [1.54, 1.807) is 24.3 Å². The minimum absolute atomic E-state index is 0. The second-order valence-corrected chi connectivity index (χ2v) is 3.10. The fourth-order valence-corrected chi connectivity index (χ4v) is 1.23. The Morgan fingerprint density at radius 2 is 1.18 bits per heavy atom. The fraction of sp³-hybridized carbons (Fsp3) is 0.385. The van der Waals surface area contributed by atoms with Gasteiger partial charge in [-0.2, -0.15) is 0 Å². The van der Waals surface area contributed by atoms with Crippen LogP contribution in [0.2, 0.25) is 0 Å². The van der Waals surface area contributed by atoms with E-state index in [2.05, 4.69) is 0 Å². The van der Waals surface area contributed by atoms with Gasteiger partial charge >= 0.3 is 0 Å². The third-order valence-corrected chi connectivity index (χ3v) is 1.99. The molecular weight excluding hydrogens is 216 g/mol. The Balaban J connectivity index is 0.00000256. The number of ether oxygens (including phenoxy) is 2. The predicted octanol–water partition coefficient (Wildman–Crippen LogP) is 3.05. The summed E-state index contributed by atoms with van der Waals surface area (Å²) in [7, 11) is 0.